The lowest BCUT2D eigenvalue weighted by Crippen LogP contribution is -2.32. The third-order valence-electron chi connectivity index (χ3n) is 2.68. The Balaban J connectivity index is 2.07. The Morgan fingerprint density at radius 2 is 1.95 bits per heavy atom. The van der Waals surface area contributed by atoms with Crippen LogP contribution in [0.2, 0.25) is 0 Å². The molecule has 94 valence electrons. The summed E-state index contributed by atoms with van der Waals surface area (Å²) in [6, 6.07) is 5.87. The van der Waals surface area contributed by atoms with Crippen molar-refractivity contribution in [2.75, 3.05) is 0 Å². The number of benzene rings is 1. The number of hydrogen-bond acceptors (Lipinski definition) is 4. The largest absolute Gasteiger partial charge is 0.306 e. The first-order chi connectivity index (χ1) is 9.24. The van der Waals surface area contributed by atoms with E-state index in [1.165, 1.54) is 18.3 Å². The first-order valence-corrected chi connectivity index (χ1v) is 5.59. The Bertz CT molecular complexity index is 667. The molecule has 1 aliphatic rings. The summed E-state index contributed by atoms with van der Waals surface area (Å²) in [6.07, 6.45) is 4.70. The molecule has 0 unspecified atom stereocenters. The van der Waals surface area contributed by atoms with Crippen molar-refractivity contribution in [2.24, 2.45) is 0 Å². The highest BCUT2D eigenvalue weighted by Gasteiger charge is 2.15. The Morgan fingerprint density at radius 3 is 2.74 bits per heavy atom. The summed E-state index contributed by atoms with van der Waals surface area (Å²) in [5, 5.41) is 0. The van der Waals surface area contributed by atoms with E-state index in [0.29, 0.717) is 22.6 Å². The number of halogens is 1. The lowest BCUT2D eigenvalue weighted by atomic mass is 10.1. The smallest absolute Gasteiger partial charge is 0.273 e. The molecule has 0 spiro atoms. The van der Waals surface area contributed by atoms with Gasteiger partial charge in [0.15, 0.2) is 5.82 Å². The highest BCUT2D eigenvalue weighted by atomic mass is 19.1. The molecule has 5 nitrogen and oxygen atoms in total. The molecule has 0 radical (unpaired) electrons. The summed E-state index contributed by atoms with van der Waals surface area (Å²) in [4.78, 5) is 20.1. The normalized spacial score (nSPS) is 13.2. The fraction of sp³-hybridized carbons (Fsp3) is 0. The van der Waals surface area contributed by atoms with Gasteiger partial charge in [-0.25, -0.2) is 14.4 Å². The maximum Gasteiger partial charge on any atom is 0.273 e. The number of amides is 1. The number of hydrogen-bond donors (Lipinski definition) is 2. The zero-order chi connectivity index (χ0) is 13.2. The molecule has 1 aliphatic heterocycles. The van der Waals surface area contributed by atoms with Crippen molar-refractivity contribution in [2.45, 2.75) is 0 Å². The second-order valence-electron chi connectivity index (χ2n) is 3.93. The van der Waals surface area contributed by atoms with Gasteiger partial charge in [0.25, 0.3) is 5.91 Å². The van der Waals surface area contributed by atoms with Gasteiger partial charge in [0.2, 0.25) is 0 Å². The molecular formula is C13H9FN4O. The van der Waals surface area contributed by atoms with Crippen LogP contribution >= 0.6 is 0 Å². The number of nitrogens with one attached hydrogen (secondary N) is 2. The Hall–Kier alpha value is -2.76. The van der Waals surface area contributed by atoms with E-state index in [-0.39, 0.29) is 11.7 Å². The predicted molar refractivity (Wildman–Crippen MR) is 67.1 cm³/mol. The van der Waals surface area contributed by atoms with E-state index in [1.807, 2.05) is 0 Å². The number of fused-ring (bicyclic) bond motifs is 1. The van der Waals surface area contributed by atoms with E-state index in [2.05, 4.69) is 20.8 Å². The van der Waals surface area contributed by atoms with Crippen LogP contribution in [0.1, 0.15) is 16.1 Å². The lowest BCUT2D eigenvalue weighted by Gasteiger charge is -2.05. The van der Waals surface area contributed by atoms with Crippen LogP contribution in [0.4, 0.5) is 4.39 Å². The van der Waals surface area contributed by atoms with E-state index >= 15 is 0 Å². The number of aromatic nitrogens is 2. The molecule has 1 aromatic heterocycles. The highest BCUT2D eigenvalue weighted by molar-refractivity contribution is 5.97. The zero-order valence-electron chi connectivity index (χ0n) is 9.72. The molecule has 1 amide bonds. The molecule has 0 fully saturated rings. The Kier molecular flexibility index (Phi) is 2.68. The molecule has 2 heterocycles. The van der Waals surface area contributed by atoms with Crippen LogP contribution < -0.4 is 10.9 Å². The molecule has 6 heteroatoms. The fourth-order valence-electron chi connectivity index (χ4n) is 1.73. The number of hydrazine groups is 1. The molecule has 0 bridgehead atoms. The van der Waals surface area contributed by atoms with Gasteiger partial charge in [0, 0.05) is 18.0 Å². The Morgan fingerprint density at radius 1 is 1.16 bits per heavy atom. The van der Waals surface area contributed by atoms with E-state index in [4.69, 9.17) is 0 Å². The minimum atomic E-state index is -0.318. The van der Waals surface area contributed by atoms with Crippen LogP contribution in [-0.2, 0) is 0 Å². The van der Waals surface area contributed by atoms with Gasteiger partial charge in [-0.2, -0.15) is 0 Å². The maximum atomic E-state index is 12.9. The number of carbonyl (C=O) groups is 1. The molecule has 1 aromatic carbocycles. The van der Waals surface area contributed by atoms with Gasteiger partial charge in [-0.3, -0.25) is 10.2 Å². The second kappa shape index (κ2) is 4.49. The predicted octanol–water partition coefficient (Wildman–Crippen LogP) is 1.50. The molecular weight excluding hydrogens is 247 g/mol. The second-order valence-corrected chi connectivity index (χ2v) is 3.93. The summed E-state index contributed by atoms with van der Waals surface area (Å²) >= 11 is 0. The first kappa shape index (κ1) is 11.3. The van der Waals surface area contributed by atoms with E-state index in [0.717, 1.165) is 0 Å². The van der Waals surface area contributed by atoms with Crippen LogP contribution in [0.3, 0.4) is 0 Å². The van der Waals surface area contributed by atoms with Crippen molar-refractivity contribution in [1.82, 2.24) is 20.8 Å². The van der Waals surface area contributed by atoms with Crippen molar-refractivity contribution in [1.29, 1.82) is 0 Å². The fourth-order valence-corrected chi connectivity index (χ4v) is 1.73. The topological polar surface area (TPSA) is 66.9 Å². The summed E-state index contributed by atoms with van der Waals surface area (Å²) in [5.41, 5.74) is 6.66. The quantitative estimate of drug-likeness (QED) is 0.811. The number of carbonyl (C=O) groups excluding carboxylic acids is 1. The summed E-state index contributed by atoms with van der Waals surface area (Å²) in [6.45, 7) is 0. The SMILES string of the molecule is O=C1NNC=Cc2nc(-c3ccc(F)cc3)ncc21. The maximum absolute atomic E-state index is 12.9. The van der Waals surface area contributed by atoms with Gasteiger partial charge in [-0.05, 0) is 30.3 Å². The molecule has 0 atom stereocenters. The highest BCUT2D eigenvalue weighted by Crippen LogP contribution is 2.18. The molecule has 0 saturated carbocycles. The van der Waals surface area contributed by atoms with Crippen LogP contribution in [0, 0.1) is 5.82 Å². The van der Waals surface area contributed by atoms with Crippen LogP contribution in [0.25, 0.3) is 17.5 Å². The summed E-state index contributed by atoms with van der Waals surface area (Å²) in [5.74, 6) is -0.175. The average Bonchev–Trinajstić information content (AvgIpc) is 2.61. The average molecular weight is 256 g/mol. The van der Waals surface area contributed by atoms with E-state index in [1.54, 1.807) is 24.4 Å². The van der Waals surface area contributed by atoms with Gasteiger partial charge >= 0.3 is 0 Å². The summed E-state index contributed by atoms with van der Waals surface area (Å²) in [7, 11) is 0. The minimum absolute atomic E-state index is 0.300. The van der Waals surface area contributed by atoms with Crippen molar-refractivity contribution >= 4 is 12.0 Å². The van der Waals surface area contributed by atoms with Crippen LogP contribution in [-0.4, -0.2) is 15.9 Å². The summed E-state index contributed by atoms with van der Waals surface area (Å²) < 4.78 is 12.9. The van der Waals surface area contributed by atoms with Gasteiger partial charge in [0.05, 0.1) is 11.3 Å². The van der Waals surface area contributed by atoms with E-state index < -0.39 is 0 Å². The van der Waals surface area contributed by atoms with Crippen molar-refractivity contribution < 1.29 is 9.18 Å². The van der Waals surface area contributed by atoms with Gasteiger partial charge in [-0.1, -0.05) is 0 Å². The molecule has 2 N–H and O–H groups in total. The number of rotatable bonds is 1. The minimum Gasteiger partial charge on any atom is -0.306 e. The molecule has 0 aliphatic carbocycles. The van der Waals surface area contributed by atoms with Gasteiger partial charge < -0.3 is 5.43 Å². The van der Waals surface area contributed by atoms with Crippen molar-refractivity contribution in [3.05, 3.63) is 53.7 Å². The Labute approximate surface area is 108 Å². The molecule has 2 aromatic rings. The van der Waals surface area contributed by atoms with Crippen molar-refractivity contribution in [3.63, 3.8) is 0 Å². The van der Waals surface area contributed by atoms with E-state index in [9.17, 15) is 9.18 Å². The first-order valence-electron chi connectivity index (χ1n) is 5.59. The third-order valence-corrected chi connectivity index (χ3v) is 2.68. The third kappa shape index (κ3) is 2.15. The van der Waals surface area contributed by atoms with Gasteiger partial charge in [0.1, 0.15) is 5.82 Å². The molecule has 3 rings (SSSR count). The zero-order valence-corrected chi connectivity index (χ0v) is 9.72. The lowest BCUT2D eigenvalue weighted by molar-refractivity contribution is 0.0941. The van der Waals surface area contributed by atoms with Crippen LogP contribution in [0.15, 0.2) is 36.7 Å². The van der Waals surface area contributed by atoms with Crippen LogP contribution in [0.5, 0.6) is 0 Å². The molecule has 0 saturated heterocycles. The monoisotopic (exact) mass is 256 g/mol. The standard InChI is InChI=1S/C13H9FN4O/c14-9-3-1-8(2-4-9)12-15-7-10-11(17-12)5-6-16-18-13(10)19/h1-7,16H,(H,18,19). The molecule has 19 heavy (non-hydrogen) atoms. The van der Waals surface area contributed by atoms with Crippen molar-refractivity contribution in [3.8, 4) is 11.4 Å². The number of nitrogens with zero attached hydrogens (tertiary/aromatic N) is 2. The van der Waals surface area contributed by atoms with Gasteiger partial charge in [-0.15, -0.1) is 0 Å².